The van der Waals surface area contributed by atoms with Gasteiger partial charge in [0.15, 0.2) is 0 Å². The summed E-state index contributed by atoms with van der Waals surface area (Å²) in [6, 6.07) is 13.0. The summed E-state index contributed by atoms with van der Waals surface area (Å²) in [6.45, 7) is 5.00. The molecular formula is C30H36N4O7. The van der Waals surface area contributed by atoms with Gasteiger partial charge in [0, 0.05) is 36.4 Å². The number of aliphatic hydroxyl groups excluding tert-OH is 1. The number of para-hydroxylation sites is 1. The molecule has 1 aromatic heterocycles. The second-order valence-electron chi connectivity index (χ2n) is 11.3. The second kappa shape index (κ2) is 12.4. The number of nitrogens with zero attached hydrogens (tertiary/aromatic N) is 1. The van der Waals surface area contributed by atoms with Gasteiger partial charge in [-0.3, -0.25) is 14.5 Å². The highest BCUT2D eigenvalue weighted by atomic mass is 16.6. The number of hydrogen-bond donors (Lipinski definition) is 5. The highest BCUT2D eigenvalue weighted by Crippen LogP contribution is 2.22. The van der Waals surface area contributed by atoms with Crippen molar-refractivity contribution in [2.45, 2.75) is 69.9 Å². The third kappa shape index (κ3) is 7.63. The third-order valence-electron chi connectivity index (χ3n) is 6.84. The number of fused-ring (bicyclic) bond motifs is 1. The largest absolute Gasteiger partial charge is 0.480 e. The van der Waals surface area contributed by atoms with Crippen molar-refractivity contribution in [3.05, 3.63) is 71.9 Å². The number of carboxylic acid groups (broad SMARTS) is 1. The number of amides is 3. The van der Waals surface area contributed by atoms with Crippen molar-refractivity contribution in [3.63, 3.8) is 0 Å². The molecule has 1 fully saturated rings. The van der Waals surface area contributed by atoms with Crippen LogP contribution in [0.2, 0.25) is 0 Å². The van der Waals surface area contributed by atoms with E-state index < -0.39 is 53.7 Å². The zero-order chi connectivity index (χ0) is 29.7. The quantitative estimate of drug-likeness (QED) is 0.267. The lowest BCUT2D eigenvalue weighted by molar-refractivity contribution is -0.142. The molecule has 11 heteroatoms. The van der Waals surface area contributed by atoms with Crippen molar-refractivity contribution in [2.75, 3.05) is 6.54 Å². The van der Waals surface area contributed by atoms with Crippen molar-refractivity contribution in [1.82, 2.24) is 20.5 Å². The lowest BCUT2D eigenvalue weighted by atomic mass is 10.0. The van der Waals surface area contributed by atoms with Crippen LogP contribution >= 0.6 is 0 Å². The molecule has 2 heterocycles. The lowest BCUT2D eigenvalue weighted by Gasteiger charge is -2.29. The average Bonchev–Trinajstić information content (AvgIpc) is 3.51. The van der Waals surface area contributed by atoms with Gasteiger partial charge in [0.2, 0.25) is 11.8 Å². The number of nitrogens with one attached hydrogen (secondary N) is 3. The van der Waals surface area contributed by atoms with Crippen LogP contribution in [0.3, 0.4) is 0 Å². The number of hydrogen-bond acceptors (Lipinski definition) is 6. The first-order chi connectivity index (χ1) is 19.4. The van der Waals surface area contributed by atoms with Gasteiger partial charge in [-0.25, -0.2) is 9.59 Å². The Bertz CT molecular complexity index is 1400. The number of benzene rings is 2. The highest BCUT2D eigenvalue weighted by Gasteiger charge is 2.42. The lowest BCUT2D eigenvalue weighted by Crippen LogP contribution is -2.56. The van der Waals surface area contributed by atoms with E-state index in [1.807, 2.05) is 30.3 Å². The number of H-pyrrole nitrogens is 1. The molecule has 5 N–H and O–H groups in total. The van der Waals surface area contributed by atoms with Crippen LogP contribution in [0.25, 0.3) is 10.9 Å². The molecule has 2 aromatic carbocycles. The fraction of sp³-hybridized carbons (Fsp3) is 0.400. The van der Waals surface area contributed by atoms with Crippen LogP contribution in [-0.4, -0.2) is 80.3 Å². The smallest absolute Gasteiger partial charge is 0.411 e. The Kier molecular flexibility index (Phi) is 8.97. The molecule has 4 rings (SSSR count). The van der Waals surface area contributed by atoms with Crippen LogP contribution in [-0.2, 0) is 32.0 Å². The second-order valence-corrected chi connectivity index (χ2v) is 11.3. The van der Waals surface area contributed by atoms with E-state index in [0.29, 0.717) is 0 Å². The number of carbonyl (C=O) groups excluding carboxylic acids is 3. The van der Waals surface area contributed by atoms with Gasteiger partial charge >= 0.3 is 12.1 Å². The van der Waals surface area contributed by atoms with E-state index >= 15 is 0 Å². The summed E-state index contributed by atoms with van der Waals surface area (Å²) in [7, 11) is 0. The van der Waals surface area contributed by atoms with Crippen molar-refractivity contribution in [3.8, 4) is 0 Å². The molecule has 0 radical (unpaired) electrons. The minimum Gasteiger partial charge on any atom is -0.480 e. The first-order valence-electron chi connectivity index (χ1n) is 13.5. The minimum atomic E-state index is -1.26. The van der Waals surface area contributed by atoms with E-state index in [9.17, 15) is 29.4 Å². The Balaban J connectivity index is 1.53. The van der Waals surface area contributed by atoms with Gasteiger partial charge < -0.3 is 30.6 Å². The Labute approximate surface area is 237 Å². The zero-order valence-corrected chi connectivity index (χ0v) is 23.3. The van der Waals surface area contributed by atoms with E-state index in [1.165, 1.54) is 0 Å². The molecule has 0 bridgehead atoms. The monoisotopic (exact) mass is 564 g/mol. The van der Waals surface area contributed by atoms with Crippen LogP contribution in [0.15, 0.2) is 60.8 Å². The summed E-state index contributed by atoms with van der Waals surface area (Å²) < 4.78 is 5.41. The standard InChI is InChI=1S/C30H36N4O7/c1-30(2,3)41-29(40)34-17-20(35)15-25(34)27(37)32-23(13-18-9-5-4-6-10-18)26(36)33-24(28(38)39)14-19-16-31-22-12-8-7-11-21(19)22/h4-12,16,20,23-25,31,35H,13-15,17H2,1-3H3,(H,32,37)(H,33,36)(H,38,39)/t20-,23+,24-,25+/m1/s1. The van der Waals surface area contributed by atoms with Crippen molar-refractivity contribution in [1.29, 1.82) is 0 Å². The summed E-state index contributed by atoms with van der Waals surface area (Å²) in [6.07, 6.45) is 0.114. The van der Waals surface area contributed by atoms with E-state index in [-0.39, 0.29) is 25.8 Å². The normalized spacial score (nSPS) is 18.5. The summed E-state index contributed by atoms with van der Waals surface area (Å²) in [4.78, 5) is 56.1. The van der Waals surface area contributed by atoms with Crippen molar-refractivity contribution in [2.24, 2.45) is 0 Å². The van der Waals surface area contributed by atoms with E-state index in [0.717, 1.165) is 26.9 Å². The third-order valence-corrected chi connectivity index (χ3v) is 6.84. The molecule has 1 aliphatic rings. The SMILES string of the molecule is CC(C)(C)OC(=O)N1C[C@H](O)C[C@H]1C(=O)N[C@@H](Cc1ccccc1)C(=O)N[C@H](Cc1c[nH]c2ccccc12)C(=O)O. The fourth-order valence-electron chi connectivity index (χ4n) is 4.90. The van der Waals surface area contributed by atoms with Crippen LogP contribution in [0.5, 0.6) is 0 Å². The van der Waals surface area contributed by atoms with Crippen LogP contribution in [0, 0.1) is 0 Å². The molecule has 0 saturated carbocycles. The molecule has 0 unspecified atom stereocenters. The van der Waals surface area contributed by atoms with Gasteiger partial charge in [-0.2, -0.15) is 0 Å². The van der Waals surface area contributed by atoms with Gasteiger partial charge in [0.1, 0.15) is 23.7 Å². The van der Waals surface area contributed by atoms with Gasteiger partial charge in [-0.1, -0.05) is 48.5 Å². The number of carbonyl (C=O) groups is 4. The maximum atomic E-state index is 13.5. The number of aromatic amines is 1. The molecule has 41 heavy (non-hydrogen) atoms. The van der Waals surface area contributed by atoms with E-state index in [2.05, 4.69) is 15.6 Å². The number of β-amino-alcohol motifs (C(OH)–C–C–N with tert-alkyl or cyclic N) is 1. The molecule has 4 atom stereocenters. The molecule has 1 saturated heterocycles. The number of rotatable bonds is 9. The van der Waals surface area contributed by atoms with Crippen LogP contribution in [0.1, 0.15) is 38.3 Å². The average molecular weight is 565 g/mol. The minimum absolute atomic E-state index is 0.0247. The van der Waals surface area contributed by atoms with Gasteiger partial charge in [0.25, 0.3) is 0 Å². The molecule has 11 nitrogen and oxygen atoms in total. The first-order valence-corrected chi connectivity index (χ1v) is 13.5. The zero-order valence-electron chi connectivity index (χ0n) is 23.3. The van der Waals surface area contributed by atoms with Crippen molar-refractivity contribution >= 4 is 34.8 Å². The number of likely N-dealkylation sites (tertiary alicyclic amines) is 1. The molecule has 1 aliphatic heterocycles. The Hall–Kier alpha value is -4.38. The van der Waals surface area contributed by atoms with Gasteiger partial charge in [0.05, 0.1) is 12.6 Å². The number of carboxylic acids is 1. The maximum absolute atomic E-state index is 13.5. The summed E-state index contributed by atoms with van der Waals surface area (Å²) in [5.74, 6) is -2.55. The summed E-state index contributed by atoms with van der Waals surface area (Å²) in [5.41, 5.74) is 1.51. The topological polar surface area (TPSA) is 161 Å². The Morgan fingerprint density at radius 1 is 1.00 bits per heavy atom. The number of ether oxygens (including phenoxy) is 1. The Morgan fingerprint density at radius 3 is 2.37 bits per heavy atom. The highest BCUT2D eigenvalue weighted by molar-refractivity contribution is 5.93. The Morgan fingerprint density at radius 2 is 1.68 bits per heavy atom. The van der Waals surface area contributed by atoms with E-state index in [1.54, 1.807) is 51.2 Å². The predicted molar refractivity (Wildman–Crippen MR) is 151 cm³/mol. The first kappa shape index (κ1) is 29.6. The molecular weight excluding hydrogens is 528 g/mol. The predicted octanol–water partition coefficient (Wildman–Crippen LogP) is 2.38. The molecule has 0 aliphatic carbocycles. The van der Waals surface area contributed by atoms with Crippen LogP contribution < -0.4 is 10.6 Å². The van der Waals surface area contributed by atoms with Gasteiger partial charge in [-0.15, -0.1) is 0 Å². The number of aliphatic hydroxyl groups is 1. The van der Waals surface area contributed by atoms with Crippen molar-refractivity contribution < 1.29 is 34.1 Å². The van der Waals surface area contributed by atoms with Gasteiger partial charge in [-0.05, 0) is 38.0 Å². The maximum Gasteiger partial charge on any atom is 0.411 e. The summed E-state index contributed by atoms with van der Waals surface area (Å²) in [5, 5.41) is 26.3. The molecule has 3 aromatic rings. The molecule has 3 amide bonds. The summed E-state index contributed by atoms with van der Waals surface area (Å²) >= 11 is 0. The number of aromatic nitrogens is 1. The molecule has 0 spiro atoms. The fourth-order valence-corrected chi connectivity index (χ4v) is 4.90. The molecule has 218 valence electrons. The van der Waals surface area contributed by atoms with Crippen LogP contribution in [0.4, 0.5) is 4.79 Å². The van der Waals surface area contributed by atoms with E-state index in [4.69, 9.17) is 4.74 Å². The number of aliphatic carboxylic acids is 1.